The maximum atomic E-state index is 12.2. The number of halogens is 1. The maximum absolute atomic E-state index is 12.2. The Balaban J connectivity index is 1.62. The summed E-state index contributed by atoms with van der Waals surface area (Å²) in [6.45, 7) is 0.501. The fraction of sp³-hybridized carbons (Fsp3) is 0.111. The third kappa shape index (κ3) is 4.62. The summed E-state index contributed by atoms with van der Waals surface area (Å²) in [5.41, 5.74) is 0.343. The van der Waals surface area contributed by atoms with Gasteiger partial charge in [-0.1, -0.05) is 11.6 Å². The predicted octanol–water partition coefficient (Wildman–Crippen LogP) is 3.24. The lowest BCUT2D eigenvalue weighted by atomic mass is 10.1. The molecular formula is C18H15ClN4O4. The van der Waals surface area contributed by atoms with E-state index in [0.29, 0.717) is 16.5 Å². The van der Waals surface area contributed by atoms with Gasteiger partial charge in [0.05, 0.1) is 17.8 Å². The van der Waals surface area contributed by atoms with Gasteiger partial charge in [-0.3, -0.25) is 14.9 Å². The summed E-state index contributed by atoms with van der Waals surface area (Å²) in [5.74, 6) is 0.212. The van der Waals surface area contributed by atoms with Gasteiger partial charge >= 0.3 is 0 Å². The smallest absolute Gasteiger partial charge is 0.294 e. The van der Waals surface area contributed by atoms with E-state index in [1.165, 1.54) is 35.3 Å². The standard InChI is InChI=1S/C18H15ClN4O4/c19-14-2-4-15(5-3-14)27-10-8-21-18(24)13-1-6-16(17(11-13)23(25)26)22-9-7-20-12-22/h1-7,9,11-12H,8,10H2,(H,21,24). The van der Waals surface area contributed by atoms with Crippen LogP contribution in [0.1, 0.15) is 10.4 Å². The number of carbonyl (C=O) groups excluding carboxylic acids is 1. The monoisotopic (exact) mass is 386 g/mol. The summed E-state index contributed by atoms with van der Waals surface area (Å²) >= 11 is 5.80. The molecule has 0 aliphatic heterocycles. The highest BCUT2D eigenvalue weighted by molar-refractivity contribution is 6.30. The highest BCUT2D eigenvalue weighted by Crippen LogP contribution is 2.24. The number of nitro benzene ring substituents is 1. The highest BCUT2D eigenvalue weighted by Gasteiger charge is 2.18. The predicted molar refractivity (Wildman–Crippen MR) is 99.5 cm³/mol. The van der Waals surface area contributed by atoms with Crippen LogP contribution in [-0.4, -0.2) is 33.5 Å². The van der Waals surface area contributed by atoms with E-state index in [9.17, 15) is 14.9 Å². The van der Waals surface area contributed by atoms with Crippen molar-refractivity contribution in [2.45, 2.75) is 0 Å². The van der Waals surface area contributed by atoms with Gasteiger partial charge in [-0.05, 0) is 36.4 Å². The number of nitro groups is 1. The number of hydrogen-bond acceptors (Lipinski definition) is 5. The normalized spacial score (nSPS) is 10.4. The maximum Gasteiger partial charge on any atom is 0.294 e. The topological polar surface area (TPSA) is 99.3 Å². The molecule has 0 fully saturated rings. The molecular weight excluding hydrogens is 372 g/mol. The van der Waals surface area contributed by atoms with Crippen LogP contribution < -0.4 is 10.1 Å². The van der Waals surface area contributed by atoms with Crippen LogP contribution in [-0.2, 0) is 0 Å². The van der Waals surface area contributed by atoms with Gasteiger partial charge < -0.3 is 14.6 Å². The number of imidazole rings is 1. The number of rotatable bonds is 7. The van der Waals surface area contributed by atoms with E-state index in [1.54, 1.807) is 30.5 Å². The molecule has 27 heavy (non-hydrogen) atoms. The Hall–Kier alpha value is -3.39. The molecule has 1 heterocycles. The van der Waals surface area contributed by atoms with Crippen LogP contribution in [0.25, 0.3) is 5.69 Å². The molecule has 0 bridgehead atoms. The summed E-state index contributed by atoms with van der Waals surface area (Å²) in [7, 11) is 0. The van der Waals surface area contributed by atoms with Crippen LogP contribution in [0.15, 0.2) is 61.2 Å². The van der Waals surface area contributed by atoms with Gasteiger partial charge in [0.15, 0.2) is 0 Å². The first-order chi connectivity index (χ1) is 13.0. The molecule has 0 radical (unpaired) electrons. The summed E-state index contributed by atoms with van der Waals surface area (Å²) in [6, 6.07) is 11.1. The largest absolute Gasteiger partial charge is 0.492 e. The van der Waals surface area contributed by atoms with Crippen LogP contribution in [0.3, 0.4) is 0 Å². The second kappa shape index (κ2) is 8.33. The Morgan fingerprint density at radius 1 is 1.26 bits per heavy atom. The number of carbonyl (C=O) groups is 1. The first kappa shape index (κ1) is 18.4. The molecule has 138 valence electrons. The van der Waals surface area contributed by atoms with Crippen molar-refractivity contribution in [3.63, 3.8) is 0 Å². The van der Waals surface area contributed by atoms with E-state index in [0.717, 1.165) is 0 Å². The average molecular weight is 387 g/mol. The first-order valence-corrected chi connectivity index (χ1v) is 8.36. The molecule has 0 saturated heterocycles. The van der Waals surface area contributed by atoms with Crippen LogP contribution in [0.4, 0.5) is 5.69 Å². The molecule has 1 aromatic heterocycles. The van der Waals surface area contributed by atoms with Crippen molar-refractivity contribution in [1.29, 1.82) is 0 Å². The van der Waals surface area contributed by atoms with Crippen molar-refractivity contribution in [3.8, 4) is 11.4 Å². The van der Waals surface area contributed by atoms with Crippen molar-refractivity contribution in [2.24, 2.45) is 0 Å². The Labute approximate surface area is 159 Å². The number of nitrogens with zero attached hydrogens (tertiary/aromatic N) is 3. The number of benzene rings is 2. The fourth-order valence-corrected chi connectivity index (χ4v) is 2.52. The minimum absolute atomic E-state index is 0.182. The molecule has 0 spiro atoms. The second-order valence-electron chi connectivity index (χ2n) is 5.49. The molecule has 0 atom stereocenters. The number of ether oxygens (including phenoxy) is 1. The van der Waals surface area contributed by atoms with Crippen molar-refractivity contribution in [3.05, 3.63) is 81.9 Å². The zero-order chi connectivity index (χ0) is 19.2. The van der Waals surface area contributed by atoms with Crippen molar-refractivity contribution in [1.82, 2.24) is 14.9 Å². The number of nitrogens with one attached hydrogen (secondary N) is 1. The second-order valence-corrected chi connectivity index (χ2v) is 5.93. The van der Waals surface area contributed by atoms with Gasteiger partial charge in [-0.2, -0.15) is 0 Å². The third-order valence-corrected chi connectivity index (χ3v) is 3.94. The summed E-state index contributed by atoms with van der Waals surface area (Å²) in [5, 5.41) is 14.6. The Morgan fingerprint density at radius 2 is 2.04 bits per heavy atom. The Bertz CT molecular complexity index is 943. The van der Waals surface area contributed by atoms with E-state index in [-0.39, 0.29) is 24.4 Å². The van der Waals surface area contributed by atoms with E-state index in [4.69, 9.17) is 16.3 Å². The number of hydrogen-bond donors (Lipinski definition) is 1. The molecule has 3 aromatic rings. The molecule has 9 heteroatoms. The van der Waals surface area contributed by atoms with Gasteiger partial charge in [0.2, 0.25) is 0 Å². The SMILES string of the molecule is O=C(NCCOc1ccc(Cl)cc1)c1ccc(-n2ccnc2)c([N+](=O)[O-])c1. The van der Waals surface area contributed by atoms with Crippen LogP contribution in [0.5, 0.6) is 5.75 Å². The van der Waals surface area contributed by atoms with E-state index >= 15 is 0 Å². The molecule has 8 nitrogen and oxygen atoms in total. The molecule has 0 saturated carbocycles. The number of aromatic nitrogens is 2. The van der Waals surface area contributed by atoms with Crippen LogP contribution in [0, 0.1) is 10.1 Å². The van der Waals surface area contributed by atoms with E-state index in [2.05, 4.69) is 10.3 Å². The van der Waals surface area contributed by atoms with Crippen molar-refractivity contribution >= 4 is 23.2 Å². The number of amides is 1. The molecule has 1 N–H and O–H groups in total. The average Bonchev–Trinajstić information content (AvgIpc) is 3.20. The lowest BCUT2D eigenvalue weighted by Crippen LogP contribution is -2.28. The minimum Gasteiger partial charge on any atom is -0.492 e. The van der Waals surface area contributed by atoms with Gasteiger partial charge in [0, 0.05) is 29.0 Å². The molecule has 0 aliphatic carbocycles. The van der Waals surface area contributed by atoms with Gasteiger partial charge in [-0.25, -0.2) is 4.98 Å². The van der Waals surface area contributed by atoms with E-state index in [1.807, 2.05) is 0 Å². The van der Waals surface area contributed by atoms with E-state index < -0.39 is 10.8 Å². The Kier molecular flexibility index (Phi) is 5.68. The molecule has 1 amide bonds. The quantitative estimate of drug-likeness (QED) is 0.381. The van der Waals surface area contributed by atoms with Gasteiger partial charge in [0.25, 0.3) is 11.6 Å². The van der Waals surface area contributed by atoms with Crippen LogP contribution >= 0.6 is 11.6 Å². The molecule has 3 rings (SSSR count). The summed E-state index contributed by atoms with van der Waals surface area (Å²) < 4.78 is 7.00. The Morgan fingerprint density at radius 3 is 2.70 bits per heavy atom. The lowest BCUT2D eigenvalue weighted by molar-refractivity contribution is -0.384. The summed E-state index contributed by atoms with van der Waals surface area (Å²) in [6.07, 6.45) is 4.57. The molecule has 0 aliphatic rings. The minimum atomic E-state index is -0.532. The van der Waals surface area contributed by atoms with Gasteiger partial charge in [0.1, 0.15) is 18.0 Å². The third-order valence-electron chi connectivity index (χ3n) is 3.69. The molecule has 2 aromatic carbocycles. The van der Waals surface area contributed by atoms with Crippen LogP contribution in [0.2, 0.25) is 5.02 Å². The first-order valence-electron chi connectivity index (χ1n) is 7.98. The highest BCUT2D eigenvalue weighted by atomic mass is 35.5. The zero-order valence-corrected chi connectivity index (χ0v) is 14.8. The van der Waals surface area contributed by atoms with Crippen molar-refractivity contribution < 1.29 is 14.5 Å². The molecule has 0 unspecified atom stereocenters. The van der Waals surface area contributed by atoms with Gasteiger partial charge in [-0.15, -0.1) is 0 Å². The zero-order valence-electron chi connectivity index (χ0n) is 14.0. The van der Waals surface area contributed by atoms with Crippen molar-refractivity contribution in [2.75, 3.05) is 13.2 Å². The fourth-order valence-electron chi connectivity index (χ4n) is 2.40. The lowest BCUT2D eigenvalue weighted by Gasteiger charge is -2.09. The summed E-state index contributed by atoms with van der Waals surface area (Å²) in [4.78, 5) is 26.9.